The van der Waals surface area contributed by atoms with E-state index in [-0.39, 0.29) is 24.2 Å². The molecule has 0 radical (unpaired) electrons. The second-order valence-corrected chi connectivity index (χ2v) is 5.45. The molecule has 0 aliphatic rings. The van der Waals surface area contributed by atoms with Crippen LogP contribution in [0.5, 0.6) is 0 Å². The molecule has 1 rings (SSSR count). The molecule has 0 spiro atoms. The first kappa shape index (κ1) is 15.6. The van der Waals surface area contributed by atoms with E-state index in [1.165, 1.54) is 10.6 Å². The van der Waals surface area contributed by atoms with Gasteiger partial charge >= 0.3 is 5.97 Å². The van der Waals surface area contributed by atoms with Crippen LogP contribution in [0.1, 0.15) is 23.8 Å². The van der Waals surface area contributed by atoms with Crippen molar-refractivity contribution in [1.29, 1.82) is 0 Å². The van der Waals surface area contributed by atoms with E-state index in [0.717, 1.165) is 12.2 Å². The Morgan fingerprint density at radius 2 is 2.21 bits per heavy atom. The van der Waals surface area contributed by atoms with Crippen molar-refractivity contribution in [1.82, 2.24) is 9.47 Å². The summed E-state index contributed by atoms with van der Waals surface area (Å²) in [7, 11) is 1.76. The van der Waals surface area contributed by atoms with Gasteiger partial charge in [0.05, 0.1) is 0 Å². The molecule has 106 valence electrons. The predicted octanol–water partition coefficient (Wildman–Crippen LogP) is 1.79. The summed E-state index contributed by atoms with van der Waals surface area (Å²) in [5.74, 6) is -0.0916. The van der Waals surface area contributed by atoms with Gasteiger partial charge in [-0.3, -0.25) is 4.79 Å². The molecular weight excluding hydrogens is 264 g/mol. The molecule has 0 saturated carbocycles. The fraction of sp³-hybridized carbons (Fsp3) is 0.538. The topological polar surface area (TPSA) is 62.5 Å². The molecule has 1 unspecified atom stereocenters. The Morgan fingerprint density at radius 1 is 1.53 bits per heavy atom. The van der Waals surface area contributed by atoms with Crippen molar-refractivity contribution in [3.63, 3.8) is 0 Å². The van der Waals surface area contributed by atoms with E-state index < -0.39 is 5.97 Å². The van der Waals surface area contributed by atoms with Crippen molar-refractivity contribution in [3.8, 4) is 0 Å². The summed E-state index contributed by atoms with van der Waals surface area (Å²) < 4.78 is 1.46. The van der Waals surface area contributed by atoms with Crippen LogP contribution in [0.15, 0.2) is 18.3 Å². The van der Waals surface area contributed by atoms with Crippen molar-refractivity contribution < 1.29 is 14.7 Å². The third kappa shape index (κ3) is 4.31. The van der Waals surface area contributed by atoms with Crippen LogP contribution in [-0.4, -0.2) is 51.5 Å². The second kappa shape index (κ2) is 7.23. The lowest BCUT2D eigenvalue weighted by molar-refractivity contribution is -0.132. The van der Waals surface area contributed by atoms with E-state index >= 15 is 0 Å². The zero-order valence-electron chi connectivity index (χ0n) is 11.5. The lowest BCUT2D eigenvalue weighted by Gasteiger charge is -2.25. The van der Waals surface area contributed by atoms with Crippen LogP contribution in [0.3, 0.4) is 0 Å². The van der Waals surface area contributed by atoms with Crippen LogP contribution in [0.2, 0.25) is 0 Å². The Hall–Kier alpha value is -1.43. The standard InChI is InChI=1S/C13H20N2O3S/c1-10(6-8-19-3)14(2)12(16)9-15-7-4-5-11(15)13(17)18/h4-5,7,10H,6,8-9H2,1-3H3,(H,17,18). The zero-order valence-corrected chi connectivity index (χ0v) is 12.3. The van der Waals surface area contributed by atoms with E-state index in [9.17, 15) is 9.59 Å². The Labute approximate surface area is 117 Å². The highest BCUT2D eigenvalue weighted by molar-refractivity contribution is 7.98. The fourth-order valence-corrected chi connectivity index (χ4v) is 2.31. The molecule has 0 bridgehead atoms. The first-order chi connectivity index (χ1) is 8.97. The maximum absolute atomic E-state index is 12.1. The van der Waals surface area contributed by atoms with Crippen LogP contribution in [0, 0.1) is 0 Å². The molecule has 19 heavy (non-hydrogen) atoms. The van der Waals surface area contributed by atoms with Gasteiger partial charge in [-0.05, 0) is 37.5 Å². The molecule has 1 N–H and O–H groups in total. The maximum atomic E-state index is 12.1. The summed E-state index contributed by atoms with van der Waals surface area (Å²) in [4.78, 5) is 24.7. The monoisotopic (exact) mass is 284 g/mol. The van der Waals surface area contributed by atoms with Gasteiger partial charge in [-0.1, -0.05) is 0 Å². The molecule has 1 heterocycles. The highest BCUT2D eigenvalue weighted by atomic mass is 32.2. The quantitative estimate of drug-likeness (QED) is 0.829. The molecule has 1 aromatic rings. The van der Waals surface area contributed by atoms with Crippen LogP contribution in [0.25, 0.3) is 0 Å². The summed E-state index contributed by atoms with van der Waals surface area (Å²) >= 11 is 1.75. The van der Waals surface area contributed by atoms with Crippen molar-refractivity contribution in [2.45, 2.75) is 25.9 Å². The number of carboxylic acids is 1. The van der Waals surface area contributed by atoms with Crippen LogP contribution < -0.4 is 0 Å². The number of hydrogen-bond donors (Lipinski definition) is 1. The molecule has 6 heteroatoms. The summed E-state index contributed by atoms with van der Waals surface area (Å²) in [6.07, 6.45) is 4.58. The number of amides is 1. The van der Waals surface area contributed by atoms with Crippen LogP contribution >= 0.6 is 11.8 Å². The first-order valence-corrected chi connectivity index (χ1v) is 7.49. The molecule has 0 aliphatic carbocycles. The van der Waals surface area contributed by atoms with Gasteiger partial charge in [0.25, 0.3) is 0 Å². The Bertz CT molecular complexity index is 445. The second-order valence-electron chi connectivity index (χ2n) is 4.46. The molecule has 0 saturated heterocycles. The van der Waals surface area contributed by atoms with E-state index in [4.69, 9.17) is 5.11 Å². The smallest absolute Gasteiger partial charge is 0.352 e. The van der Waals surface area contributed by atoms with E-state index in [2.05, 4.69) is 0 Å². The van der Waals surface area contributed by atoms with Gasteiger partial charge < -0.3 is 14.6 Å². The number of rotatable bonds is 7. The van der Waals surface area contributed by atoms with Crippen molar-refractivity contribution in [3.05, 3.63) is 24.0 Å². The van der Waals surface area contributed by atoms with Crippen LogP contribution in [-0.2, 0) is 11.3 Å². The molecule has 0 aliphatic heterocycles. The third-order valence-corrected chi connectivity index (χ3v) is 3.79. The maximum Gasteiger partial charge on any atom is 0.352 e. The van der Waals surface area contributed by atoms with Gasteiger partial charge in [0, 0.05) is 19.3 Å². The zero-order chi connectivity index (χ0) is 14.4. The SMILES string of the molecule is CSCCC(C)N(C)C(=O)Cn1cccc1C(=O)O. The minimum Gasteiger partial charge on any atom is -0.477 e. The first-order valence-electron chi connectivity index (χ1n) is 6.10. The number of carbonyl (C=O) groups is 2. The number of carboxylic acid groups (broad SMARTS) is 1. The van der Waals surface area contributed by atoms with E-state index in [1.54, 1.807) is 36.0 Å². The van der Waals surface area contributed by atoms with E-state index in [0.29, 0.717) is 0 Å². The molecule has 0 fully saturated rings. The largest absolute Gasteiger partial charge is 0.477 e. The number of carbonyl (C=O) groups excluding carboxylic acids is 1. The molecule has 5 nitrogen and oxygen atoms in total. The number of likely N-dealkylation sites (N-methyl/N-ethyl adjacent to an activating group) is 1. The predicted molar refractivity (Wildman–Crippen MR) is 76.6 cm³/mol. The van der Waals surface area contributed by atoms with Gasteiger partial charge in [0.2, 0.25) is 5.91 Å². The molecule has 1 aromatic heterocycles. The lowest BCUT2D eigenvalue weighted by Crippen LogP contribution is -2.37. The Balaban J connectivity index is 2.63. The molecule has 1 amide bonds. The minimum absolute atomic E-state index is 0.0642. The number of aromatic carboxylic acids is 1. The fourth-order valence-electron chi connectivity index (χ4n) is 1.73. The highest BCUT2D eigenvalue weighted by Crippen LogP contribution is 2.08. The summed E-state index contributed by atoms with van der Waals surface area (Å²) in [5, 5.41) is 8.98. The lowest BCUT2D eigenvalue weighted by atomic mass is 10.2. The van der Waals surface area contributed by atoms with Crippen LogP contribution in [0.4, 0.5) is 0 Å². The van der Waals surface area contributed by atoms with Gasteiger partial charge in [0.1, 0.15) is 12.2 Å². The summed E-state index contributed by atoms with van der Waals surface area (Å²) in [5.41, 5.74) is 0.138. The number of nitrogens with zero attached hydrogens (tertiary/aromatic N) is 2. The normalized spacial score (nSPS) is 12.2. The minimum atomic E-state index is -1.02. The average molecular weight is 284 g/mol. The van der Waals surface area contributed by atoms with Gasteiger partial charge in [-0.2, -0.15) is 11.8 Å². The number of hydrogen-bond acceptors (Lipinski definition) is 3. The van der Waals surface area contributed by atoms with Gasteiger partial charge in [-0.25, -0.2) is 4.79 Å². The van der Waals surface area contributed by atoms with Crippen molar-refractivity contribution >= 4 is 23.6 Å². The van der Waals surface area contributed by atoms with Crippen molar-refractivity contribution in [2.24, 2.45) is 0 Å². The summed E-state index contributed by atoms with van der Waals surface area (Å²) in [6, 6.07) is 3.28. The Morgan fingerprint density at radius 3 is 2.79 bits per heavy atom. The third-order valence-electron chi connectivity index (χ3n) is 3.15. The van der Waals surface area contributed by atoms with Gasteiger partial charge in [0.15, 0.2) is 0 Å². The van der Waals surface area contributed by atoms with Crippen molar-refractivity contribution in [2.75, 3.05) is 19.1 Å². The highest BCUT2D eigenvalue weighted by Gasteiger charge is 2.18. The number of thioether (sulfide) groups is 1. The Kier molecular flexibility index (Phi) is 5.95. The molecular formula is C13H20N2O3S. The van der Waals surface area contributed by atoms with Gasteiger partial charge in [-0.15, -0.1) is 0 Å². The average Bonchev–Trinajstić information content (AvgIpc) is 2.83. The molecule has 1 atom stereocenters. The molecule has 0 aromatic carbocycles. The summed E-state index contributed by atoms with van der Waals surface area (Å²) in [6.45, 7) is 2.07. The van der Waals surface area contributed by atoms with E-state index in [1.807, 2.05) is 13.2 Å². The number of aromatic nitrogens is 1.